The van der Waals surface area contributed by atoms with Crippen molar-refractivity contribution in [2.45, 2.75) is 20.3 Å². The molecular weight excluding hydrogens is 304 g/mol. The molecule has 0 fully saturated rings. The number of aromatic amines is 1. The summed E-state index contributed by atoms with van der Waals surface area (Å²) in [4.78, 5) is 19.9. The highest BCUT2D eigenvalue weighted by atomic mass is 16.5. The molecule has 0 unspecified atom stereocenters. The number of hydrogen-bond acceptors (Lipinski definition) is 4. The van der Waals surface area contributed by atoms with Gasteiger partial charge in [-0.1, -0.05) is 12.1 Å². The Kier molecular flexibility index (Phi) is 4.51. The van der Waals surface area contributed by atoms with E-state index in [9.17, 15) is 4.79 Å². The minimum atomic E-state index is -0.317. The topological polar surface area (TPSA) is 64.2 Å². The first-order valence-corrected chi connectivity index (χ1v) is 7.90. The summed E-state index contributed by atoms with van der Waals surface area (Å²) < 4.78 is 10.3. The first kappa shape index (κ1) is 16.1. The van der Waals surface area contributed by atoms with Crippen molar-refractivity contribution in [3.8, 4) is 5.75 Å². The van der Waals surface area contributed by atoms with Crippen LogP contribution in [-0.4, -0.2) is 29.7 Å². The van der Waals surface area contributed by atoms with Gasteiger partial charge in [-0.05, 0) is 55.7 Å². The molecule has 0 atom stereocenters. The summed E-state index contributed by atoms with van der Waals surface area (Å²) in [5.41, 5.74) is 4.39. The van der Waals surface area contributed by atoms with Crippen LogP contribution in [0.25, 0.3) is 11.0 Å². The van der Waals surface area contributed by atoms with Gasteiger partial charge in [0.15, 0.2) is 0 Å². The highest BCUT2D eigenvalue weighted by molar-refractivity contribution is 5.95. The van der Waals surface area contributed by atoms with E-state index in [1.165, 1.54) is 0 Å². The van der Waals surface area contributed by atoms with Crippen molar-refractivity contribution in [2.75, 3.05) is 13.7 Å². The molecule has 24 heavy (non-hydrogen) atoms. The molecule has 3 rings (SSSR count). The Balaban J connectivity index is 2.01. The van der Waals surface area contributed by atoms with Crippen LogP contribution in [0, 0.1) is 6.92 Å². The molecule has 0 aliphatic rings. The maximum Gasteiger partial charge on any atom is 0.338 e. The van der Waals surface area contributed by atoms with Crippen molar-refractivity contribution >= 4 is 17.0 Å². The van der Waals surface area contributed by atoms with E-state index in [0.29, 0.717) is 18.6 Å². The predicted molar refractivity (Wildman–Crippen MR) is 92.6 cm³/mol. The van der Waals surface area contributed by atoms with Crippen LogP contribution in [0.1, 0.15) is 34.2 Å². The minimum Gasteiger partial charge on any atom is -0.497 e. The van der Waals surface area contributed by atoms with Gasteiger partial charge in [0, 0.05) is 0 Å². The number of hydrogen-bond donors (Lipinski definition) is 1. The number of ether oxygens (including phenoxy) is 2. The molecule has 0 aliphatic carbocycles. The predicted octanol–water partition coefficient (Wildman–Crippen LogP) is 3.65. The summed E-state index contributed by atoms with van der Waals surface area (Å²) in [7, 11) is 1.65. The molecule has 0 saturated heterocycles. The van der Waals surface area contributed by atoms with Gasteiger partial charge in [-0.15, -0.1) is 0 Å². The number of nitrogens with zero attached hydrogens (tertiary/aromatic N) is 1. The van der Waals surface area contributed by atoms with Crippen molar-refractivity contribution in [3.63, 3.8) is 0 Å². The molecule has 3 aromatic rings. The highest BCUT2D eigenvalue weighted by Crippen LogP contribution is 2.23. The smallest absolute Gasteiger partial charge is 0.338 e. The first-order valence-electron chi connectivity index (χ1n) is 7.90. The highest BCUT2D eigenvalue weighted by Gasteiger charge is 2.14. The normalized spacial score (nSPS) is 10.8. The number of esters is 1. The van der Waals surface area contributed by atoms with Gasteiger partial charge in [0.25, 0.3) is 0 Å². The summed E-state index contributed by atoms with van der Waals surface area (Å²) >= 11 is 0. The van der Waals surface area contributed by atoms with Gasteiger partial charge in [-0.25, -0.2) is 9.78 Å². The number of aromatic nitrogens is 2. The molecule has 0 saturated carbocycles. The fraction of sp³-hybridized carbons (Fsp3) is 0.263. The lowest BCUT2D eigenvalue weighted by Gasteiger charge is -2.08. The van der Waals surface area contributed by atoms with Crippen LogP contribution < -0.4 is 4.74 Å². The Morgan fingerprint density at radius 2 is 1.96 bits per heavy atom. The summed E-state index contributed by atoms with van der Waals surface area (Å²) in [6.07, 6.45) is 0.679. The van der Waals surface area contributed by atoms with E-state index in [2.05, 4.69) is 9.97 Å². The fourth-order valence-corrected chi connectivity index (χ4v) is 2.74. The number of carbonyl (C=O) groups excluding carboxylic acids is 1. The van der Waals surface area contributed by atoms with Crippen LogP contribution in [0.3, 0.4) is 0 Å². The third-order valence-electron chi connectivity index (χ3n) is 3.85. The third-order valence-corrected chi connectivity index (χ3v) is 3.85. The number of rotatable bonds is 5. The van der Waals surface area contributed by atoms with Crippen molar-refractivity contribution in [3.05, 3.63) is 58.9 Å². The largest absolute Gasteiger partial charge is 0.497 e. The maximum atomic E-state index is 12.1. The lowest BCUT2D eigenvalue weighted by Crippen LogP contribution is -2.05. The average Bonchev–Trinajstić information content (AvgIpc) is 2.96. The molecule has 0 aliphatic heterocycles. The zero-order valence-corrected chi connectivity index (χ0v) is 14.1. The van der Waals surface area contributed by atoms with E-state index in [1.54, 1.807) is 20.1 Å². The van der Waals surface area contributed by atoms with E-state index in [-0.39, 0.29) is 5.97 Å². The zero-order valence-electron chi connectivity index (χ0n) is 14.1. The van der Waals surface area contributed by atoms with Gasteiger partial charge in [0.1, 0.15) is 11.6 Å². The Morgan fingerprint density at radius 1 is 1.21 bits per heavy atom. The maximum absolute atomic E-state index is 12.1. The number of aryl methyl sites for hydroxylation is 1. The number of imidazole rings is 1. The molecule has 0 radical (unpaired) electrons. The number of methoxy groups -OCH3 is 1. The Labute approximate surface area is 140 Å². The average molecular weight is 324 g/mol. The molecule has 0 bridgehead atoms. The number of benzene rings is 2. The molecular formula is C19H20N2O3. The molecule has 1 heterocycles. The van der Waals surface area contributed by atoms with Crippen molar-refractivity contribution in [1.82, 2.24) is 9.97 Å². The van der Waals surface area contributed by atoms with Gasteiger partial charge < -0.3 is 14.5 Å². The van der Waals surface area contributed by atoms with Crippen molar-refractivity contribution < 1.29 is 14.3 Å². The molecule has 124 valence electrons. The molecule has 0 spiro atoms. The quantitative estimate of drug-likeness (QED) is 0.728. The molecule has 0 amide bonds. The van der Waals surface area contributed by atoms with Crippen molar-refractivity contribution in [1.29, 1.82) is 0 Å². The summed E-state index contributed by atoms with van der Waals surface area (Å²) in [6, 6.07) is 11.5. The van der Waals surface area contributed by atoms with E-state index in [0.717, 1.165) is 33.7 Å². The molecule has 1 aromatic heterocycles. The van der Waals surface area contributed by atoms with Crippen LogP contribution in [-0.2, 0) is 11.2 Å². The van der Waals surface area contributed by atoms with Gasteiger partial charge in [0.2, 0.25) is 0 Å². The lowest BCUT2D eigenvalue weighted by molar-refractivity contribution is 0.0526. The second-order valence-electron chi connectivity index (χ2n) is 5.60. The standard InChI is InChI=1S/C19H20N2O3/c1-4-24-19(22)15-10-14(18-17(11-15)20-12(2)21-18)9-13-5-7-16(23-3)8-6-13/h5-8,10-11H,4,9H2,1-3H3,(H,20,21). The number of nitrogens with one attached hydrogen (secondary N) is 1. The first-order chi connectivity index (χ1) is 11.6. The Hall–Kier alpha value is -2.82. The van der Waals surface area contributed by atoms with Gasteiger partial charge >= 0.3 is 5.97 Å². The van der Waals surface area contributed by atoms with E-state index < -0.39 is 0 Å². The van der Waals surface area contributed by atoms with E-state index >= 15 is 0 Å². The van der Waals surface area contributed by atoms with Crippen LogP contribution in [0.2, 0.25) is 0 Å². The van der Waals surface area contributed by atoms with Gasteiger partial charge in [0.05, 0.1) is 30.3 Å². The van der Waals surface area contributed by atoms with Gasteiger partial charge in [-0.3, -0.25) is 0 Å². The van der Waals surface area contributed by atoms with Crippen LogP contribution in [0.4, 0.5) is 0 Å². The second-order valence-corrected chi connectivity index (χ2v) is 5.60. The van der Waals surface area contributed by atoms with E-state index in [1.807, 2.05) is 37.3 Å². The third kappa shape index (κ3) is 3.25. The van der Waals surface area contributed by atoms with Crippen LogP contribution >= 0.6 is 0 Å². The monoisotopic (exact) mass is 324 g/mol. The van der Waals surface area contributed by atoms with Crippen molar-refractivity contribution in [2.24, 2.45) is 0 Å². The summed E-state index contributed by atoms with van der Waals surface area (Å²) in [5.74, 6) is 1.32. The second kappa shape index (κ2) is 6.74. The minimum absolute atomic E-state index is 0.317. The van der Waals surface area contributed by atoms with E-state index in [4.69, 9.17) is 9.47 Å². The number of carbonyl (C=O) groups is 1. The molecule has 1 N–H and O–H groups in total. The number of fused-ring (bicyclic) bond motifs is 1. The summed E-state index contributed by atoms with van der Waals surface area (Å²) in [5, 5.41) is 0. The zero-order chi connectivity index (χ0) is 17.1. The van der Waals surface area contributed by atoms with Crippen LogP contribution in [0.5, 0.6) is 5.75 Å². The van der Waals surface area contributed by atoms with Gasteiger partial charge in [-0.2, -0.15) is 0 Å². The molecule has 2 aromatic carbocycles. The molecule has 5 nitrogen and oxygen atoms in total. The summed E-state index contributed by atoms with van der Waals surface area (Å²) in [6.45, 7) is 4.06. The lowest BCUT2D eigenvalue weighted by atomic mass is 10.0. The Morgan fingerprint density at radius 3 is 2.62 bits per heavy atom. The molecule has 5 heteroatoms. The Bertz CT molecular complexity index is 866. The fourth-order valence-electron chi connectivity index (χ4n) is 2.74. The van der Waals surface area contributed by atoms with Crippen LogP contribution in [0.15, 0.2) is 36.4 Å². The number of H-pyrrole nitrogens is 1. The SMILES string of the molecule is CCOC(=O)c1cc(Cc2ccc(OC)cc2)c2nc(C)[nH]c2c1.